The smallest absolute Gasteiger partial charge is 0.269 e. The van der Waals surface area contributed by atoms with Gasteiger partial charge >= 0.3 is 0 Å². The molecule has 0 aliphatic carbocycles. The number of pyridine rings is 6. The molecule has 10 rings (SSSR count). The summed E-state index contributed by atoms with van der Waals surface area (Å²) in [5.41, 5.74) is 17.6. The third-order valence-corrected chi connectivity index (χ3v) is 11.6. The molecule has 4 amide bonds. The van der Waals surface area contributed by atoms with Crippen molar-refractivity contribution in [3.63, 3.8) is 0 Å². The normalized spacial score (nSPS) is 15.4. The van der Waals surface area contributed by atoms with E-state index in [-0.39, 0.29) is 23.2 Å². The zero-order chi connectivity index (χ0) is 47.8. The number of halogens is 1. The Kier molecular flexibility index (Phi) is 14.0. The number of hydrogen-bond donors (Lipinski definition) is 4. The SMILES string of the molecule is CC1(CNC(=O)c2ccc3cncc(-c4ccc(Cl)cc4)c3n2)CCC(=O)N1.COc1cccc(-c2cncc3ccc(C(N)=O)nc23)c1.NC(=O)c1ccc2cncc(N3CCOCC3)c2n1. The molecule has 1 atom stereocenters. The molecule has 2 aliphatic heterocycles. The van der Waals surface area contributed by atoms with Crippen molar-refractivity contribution >= 4 is 73.6 Å². The van der Waals surface area contributed by atoms with E-state index in [0.29, 0.717) is 54.4 Å². The molecule has 8 aromatic rings. The highest BCUT2D eigenvalue weighted by molar-refractivity contribution is 6.30. The summed E-state index contributed by atoms with van der Waals surface area (Å²) in [6.45, 7) is 5.25. The number of nitrogens with two attached hydrogens (primary N) is 2. The number of nitrogens with zero attached hydrogens (tertiary/aromatic N) is 7. The van der Waals surface area contributed by atoms with Gasteiger partial charge in [-0.2, -0.15) is 0 Å². The maximum atomic E-state index is 12.6. The van der Waals surface area contributed by atoms with E-state index in [1.54, 1.807) is 68.6 Å². The highest BCUT2D eigenvalue weighted by atomic mass is 35.5. The zero-order valence-electron chi connectivity index (χ0n) is 37.1. The standard InChI is InChI=1S/C21H19ClN4O2.C16H13N3O2.C13H14N4O2/c1-21(9-8-18(27)26-21)12-24-20(28)17-7-4-14-10-23-11-16(19(14)25-17)13-2-5-15(22)6-3-13;1-21-12-4-2-3-10(7-12)13-9-18-8-11-5-6-14(16(17)20)19-15(11)13;14-13(18)10-2-1-9-7-15-8-11(12(9)16-10)17-3-5-19-6-4-17/h2-7,10-11H,8-9,12H2,1H3,(H,24,28)(H,26,27);2-9H,1H3,(H2,17,20);1-2,7-8H,3-6H2,(H2,14,18). The quantitative estimate of drug-likeness (QED) is 0.124. The Morgan fingerprint density at radius 2 is 1.29 bits per heavy atom. The van der Waals surface area contributed by atoms with Gasteiger partial charge < -0.3 is 36.5 Å². The minimum absolute atomic E-state index is 0.0145. The Balaban J connectivity index is 0.000000141. The predicted molar refractivity (Wildman–Crippen MR) is 259 cm³/mol. The van der Waals surface area contributed by atoms with E-state index in [1.807, 2.05) is 67.6 Å². The Labute approximate surface area is 395 Å². The summed E-state index contributed by atoms with van der Waals surface area (Å²) in [5.74, 6) is -0.587. The first kappa shape index (κ1) is 46.4. The lowest BCUT2D eigenvalue weighted by Crippen LogP contribution is -2.48. The second-order valence-corrected chi connectivity index (χ2v) is 16.6. The van der Waals surface area contributed by atoms with E-state index in [1.165, 1.54) is 0 Å². The summed E-state index contributed by atoms with van der Waals surface area (Å²) in [6, 6.07) is 25.4. The number of hydrogen-bond acceptors (Lipinski definition) is 13. The fourth-order valence-corrected chi connectivity index (χ4v) is 7.87. The lowest BCUT2D eigenvalue weighted by atomic mass is 10.0. The molecule has 18 heteroatoms. The molecule has 68 heavy (non-hydrogen) atoms. The van der Waals surface area contributed by atoms with Crippen LogP contribution in [0, 0.1) is 0 Å². The Bertz CT molecular complexity index is 3190. The molecule has 1 unspecified atom stereocenters. The summed E-state index contributed by atoms with van der Waals surface area (Å²) in [7, 11) is 1.61. The molecule has 0 saturated carbocycles. The van der Waals surface area contributed by atoms with Crippen LogP contribution in [0.1, 0.15) is 51.2 Å². The van der Waals surface area contributed by atoms with Crippen LogP contribution in [0.3, 0.4) is 0 Å². The number of methoxy groups -OCH3 is 1. The minimum Gasteiger partial charge on any atom is -0.497 e. The summed E-state index contributed by atoms with van der Waals surface area (Å²) in [6.07, 6.45) is 11.6. The van der Waals surface area contributed by atoms with Gasteiger partial charge in [-0.25, -0.2) is 15.0 Å². The van der Waals surface area contributed by atoms with Crippen molar-refractivity contribution in [1.82, 2.24) is 40.5 Å². The van der Waals surface area contributed by atoms with E-state index < -0.39 is 17.4 Å². The van der Waals surface area contributed by atoms with Crippen LogP contribution in [0.25, 0.3) is 55.0 Å². The number of carbonyl (C=O) groups excluding carboxylic acids is 4. The van der Waals surface area contributed by atoms with E-state index in [4.69, 9.17) is 32.5 Å². The molecule has 2 saturated heterocycles. The highest BCUT2D eigenvalue weighted by Crippen LogP contribution is 2.30. The van der Waals surface area contributed by atoms with Crippen LogP contribution in [0.2, 0.25) is 5.02 Å². The number of aromatic nitrogens is 6. The maximum Gasteiger partial charge on any atom is 0.269 e. The van der Waals surface area contributed by atoms with Crippen molar-refractivity contribution in [1.29, 1.82) is 0 Å². The van der Waals surface area contributed by atoms with Crippen LogP contribution in [0.15, 0.2) is 122 Å². The van der Waals surface area contributed by atoms with Gasteiger partial charge in [-0.3, -0.25) is 34.1 Å². The molecule has 0 bridgehead atoms. The van der Waals surface area contributed by atoms with E-state index in [2.05, 4.69) is 45.4 Å². The molecule has 0 radical (unpaired) electrons. The lowest BCUT2D eigenvalue weighted by molar-refractivity contribution is -0.119. The maximum absolute atomic E-state index is 12.6. The molecule has 2 aromatic carbocycles. The summed E-state index contributed by atoms with van der Waals surface area (Å²) in [4.78, 5) is 74.8. The van der Waals surface area contributed by atoms with Crippen LogP contribution in [-0.2, 0) is 9.53 Å². The van der Waals surface area contributed by atoms with Gasteiger partial charge in [-0.1, -0.05) is 35.9 Å². The number of rotatable bonds is 9. The van der Waals surface area contributed by atoms with Gasteiger partial charge in [-0.05, 0) is 85.1 Å². The third-order valence-electron chi connectivity index (χ3n) is 11.4. The Hall–Kier alpha value is -8.15. The molecule has 2 fully saturated rings. The average molecular weight is 932 g/mol. The van der Waals surface area contributed by atoms with Crippen molar-refractivity contribution in [2.24, 2.45) is 11.5 Å². The first-order chi connectivity index (χ1) is 32.9. The van der Waals surface area contributed by atoms with E-state index in [9.17, 15) is 19.2 Å². The van der Waals surface area contributed by atoms with Crippen molar-refractivity contribution in [2.45, 2.75) is 25.3 Å². The molecule has 6 N–H and O–H groups in total. The average Bonchev–Trinajstić information content (AvgIpc) is 3.72. The fourth-order valence-electron chi connectivity index (χ4n) is 7.74. The van der Waals surface area contributed by atoms with Crippen LogP contribution in [0.4, 0.5) is 5.69 Å². The fraction of sp³-hybridized carbons (Fsp3) is 0.200. The monoisotopic (exact) mass is 931 g/mol. The number of benzene rings is 2. The van der Waals surface area contributed by atoms with Crippen molar-refractivity contribution < 1.29 is 28.7 Å². The van der Waals surface area contributed by atoms with Crippen molar-refractivity contribution in [2.75, 3.05) is 44.9 Å². The van der Waals surface area contributed by atoms with Gasteiger partial charge in [0.1, 0.15) is 22.8 Å². The number of anilines is 1. The largest absolute Gasteiger partial charge is 0.497 e. The van der Waals surface area contributed by atoms with Gasteiger partial charge in [0.05, 0.1) is 54.3 Å². The minimum atomic E-state index is -0.551. The van der Waals surface area contributed by atoms with Crippen LogP contribution in [0.5, 0.6) is 5.75 Å². The van der Waals surface area contributed by atoms with Gasteiger partial charge in [0, 0.05) is 89.3 Å². The van der Waals surface area contributed by atoms with E-state index >= 15 is 0 Å². The lowest BCUT2D eigenvalue weighted by Gasteiger charge is -2.29. The molecular formula is C50H46ClN11O6. The summed E-state index contributed by atoms with van der Waals surface area (Å²) < 4.78 is 10.6. The topological polar surface area (TPSA) is 243 Å². The molecule has 17 nitrogen and oxygen atoms in total. The molecule has 0 spiro atoms. The van der Waals surface area contributed by atoms with Gasteiger partial charge in [-0.15, -0.1) is 0 Å². The van der Waals surface area contributed by atoms with Crippen molar-refractivity contribution in [3.05, 3.63) is 144 Å². The van der Waals surface area contributed by atoms with Crippen molar-refractivity contribution in [3.8, 4) is 28.0 Å². The van der Waals surface area contributed by atoms with Gasteiger partial charge in [0.2, 0.25) is 5.91 Å². The summed E-state index contributed by atoms with van der Waals surface area (Å²) in [5, 5.41) is 9.03. The number of nitrogens with one attached hydrogen (secondary N) is 2. The van der Waals surface area contributed by atoms with Gasteiger partial charge in [0.15, 0.2) is 0 Å². The second kappa shape index (κ2) is 20.6. The number of ether oxygens (including phenoxy) is 2. The number of primary amides is 2. The first-order valence-electron chi connectivity index (χ1n) is 21.5. The second-order valence-electron chi connectivity index (χ2n) is 16.2. The Morgan fingerprint density at radius 3 is 1.88 bits per heavy atom. The molecule has 344 valence electrons. The van der Waals surface area contributed by atoms with E-state index in [0.717, 1.165) is 68.5 Å². The third kappa shape index (κ3) is 10.8. The van der Waals surface area contributed by atoms with Crippen LogP contribution < -0.4 is 31.7 Å². The highest BCUT2D eigenvalue weighted by Gasteiger charge is 2.33. The molecule has 8 heterocycles. The first-order valence-corrected chi connectivity index (χ1v) is 21.9. The van der Waals surface area contributed by atoms with Crippen LogP contribution in [-0.4, -0.2) is 99.0 Å². The number of amides is 4. The number of morpholine rings is 1. The summed E-state index contributed by atoms with van der Waals surface area (Å²) >= 11 is 5.98. The number of carbonyl (C=O) groups is 4. The molecular weight excluding hydrogens is 886 g/mol. The van der Waals surface area contributed by atoms with Gasteiger partial charge in [0.25, 0.3) is 17.7 Å². The zero-order valence-corrected chi connectivity index (χ0v) is 37.9. The Morgan fingerprint density at radius 1 is 0.735 bits per heavy atom. The molecule has 2 aliphatic rings. The molecule has 6 aromatic heterocycles. The predicted octanol–water partition coefficient (Wildman–Crippen LogP) is 6.32. The number of fused-ring (bicyclic) bond motifs is 3. The van der Waals surface area contributed by atoms with Crippen LogP contribution >= 0.6 is 11.6 Å².